The van der Waals surface area contributed by atoms with Crippen molar-refractivity contribution in [1.29, 1.82) is 0 Å². The van der Waals surface area contributed by atoms with Crippen LogP contribution in [0.4, 0.5) is 0 Å². The highest BCUT2D eigenvalue weighted by atomic mass is 35.5. The summed E-state index contributed by atoms with van der Waals surface area (Å²) in [4.78, 5) is 21.9. The first-order valence-electron chi connectivity index (χ1n) is 7.02. The molecule has 0 amide bonds. The van der Waals surface area contributed by atoms with Crippen LogP contribution in [0.3, 0.4) is 0 Å². The van der Waals surface area contributed by atoms with E-state index in [9.17, 15) is 23.1 Å². The van der Waals surface area contributed by atoms with Crippen LogP contribution < -0.4 is 4.72 Å². The SMILES string of the molecule is O=C(O)c1ccc(Cl)c(S(=O)(=O)N[C@@H](Cc2ccccc2)C(=O)O)c1. The predicted octanol–water partition coefficient (Wildman–Crippen LogP) is 2.01. The summed E-state index contributed by atoms with van der Waals surface area (Å²) in [5, 5.41) is 18.1. The van der Waals surface area contributed by atoms with Gasteiger partial charge in [0.2, 0.25) is 10.0 Å². The van der Waals surface area contributed by atoms with Crippen molar-refractivity contribution in [2.75, 3.05) is 0 Å². The van der Waals surface area contributed by atoms with Crippen molar-refractivity contribution in [1.82, 2.24) is 4.72 Å². The number of aromatic carboxylic acids is 1. The van der Waals surface area contributed by atoms with E-state index in [2.05, 4.69) is 4.72 Å². The second kappa shape index (κ2) is 7.64. The molecule has 0 unspecified atom stereocenters. The van der Waals surface area contributed by atoms with Crippen molar-refractivity contribution in [3.63, 3.8) is 0 Å². The molecular weight excluding hydrogens is 370 g/mol. The minimum absolute atomic E-state index is 0.0777. The van der Waals surface area contributed by atoms with Gasteiger partial charge >= 0.3 is 11.9 Å². The second-order valence-corrected chi connectivity index (χ2v) is 7.24. The van der Waals surface area contributed by atoms with Crippen LogP contribution in [0.2, 0.25) is 5.02 Å². The van der Waals surface area contributed by atoms with Gasteiger partial charge in [-0.2, -0.15) is 4.72 Å². The Labute approximate surface area is 148 Å². The van der Waals surface area contributed by atoms with Crippen LogP contribution in [-0.2, 0) is 21.2 Å². The maximum Gasteiger partial charge on any atom is 0.335 e. The molecule has 2 aromatic carbocycles. The Morgan fingerprint density at radius 3 is 2.28 bits per heavy atom. The van der Waals surface area contributed by atoms with Gasteiger partial charge < -0.3 is 10.2 Å². The average molecular weight is 384 g/mol. The zero-order valence-corrected chi connectivity index (χ0v) is 14.3. The van der Waals surface area contributed by atoms with Crippen LogP contribution in [0.15, 0.2) is 53.4 Å². The van der Waals surface area contributed by atoms with Gasteiger partial charge in [0, 0.05) is 0 Å². The van der Waals surface area contributed by atoms with Gasteiger partial charge in [-0.3, -0.25) is 4.79 Å². The maximum atomic E-state index is 12.5. The number of sulfonamides is 1. The smallest absolute Gasteiger partial charge is 0.335 e. The fourth-order valence-electron chi connectivity index (χ4n) is 2.12. The Morgan fingerprint density at radius 2 is 1.72 bits per heavy atom. The lowest BCUT2D eigenvalue weighted by Gasteiger charge is -2.16. The van der Waals surface area contributed by atoms with E-state index in [1.807, 2.05) is 0 Å². The van der Waals surface area contributed by atoms with Gasteiger partial charge in [-0.1, -0.05) is 41.9 Å². The molecule has 0 aliphatic carbocycles. The molecule has 0 aromatic heterocycles. The molecule has 25 heavy (non-hydrogen) atoms. The van der Waals surface area contributed by atoms with Gasteiger partial charge in [0.1, 0.15) is 10.9 Å². The van der Waals surface area contributed by atoms with Gasteiger partial charge in [-0.05, 0) is 30.2 Å². The number of benzene rings is 2. The van der Waals surface area contributed by atoms with Crippen LogP contribution in [0, 0.1) is 0 Å². The van der Waals surface area contributed by atoms with Gasteiger partial charge in [0.25, 0.3) is 0 Å². The molecule has 0 aliphatic rings. The van der Waals surface area contributed by atoms with Crippen LogP contribution in [0.5, 0.6) is 0 Å². The largest absolute Gasteiger partial charge is 0.480 e. The number of nitrogens with one attached hydrogen (secondary N) is 1. The number of aliphatic carboxylic acids is 1. The van der Waals surface area contributed by atoms with Gasteiger partial charge in [0.05, 0.1) is 10.6 Å². The van der Waals surface area contributed by atoms with E-state index in [1.165, 1.54) is 0 Å². The highest BCUT2D eigenvalue weighted by molar-refractivity contribution is 7.89. The number of carbonyl (C=O) groups is 2. The molecular formula is C16H14ClNO6S. The number of hydrogen-bond acceptors (Lipinski definition) is 4. The first-order valence-corrected chi connectivity index (χ1v) is 8.89. The lowest BCUT2D eigenvalue weighted by molar-refractivity contribution is -0.138. The summed E-state index contributed by atoms with van der Waals surface area (Å²) in [6.45, 7) is 0. The van der Waals surface area contributed by atoms with Gasteiger partial charge in [0.15, 0.2) is 0 Å². The number of rotatable bonds is 7. The molecule has 0 spiro atoms. The Morgan fingerprint density at radius 1 is 1.08 bits per heavy atom. The van der Waals surface area contributed by atoms with E-state index in [0.29, 0.717) is 5.56 Å². The van der Waals surface area contributed by atoms with Crippen molar-refractivity contribution >= 4 is 33.6 Å². The van der Waals surface area contributed by atoms with Crippen molar-refractivity contribution in [2.45, 2.75) is 17.4 Å². The fraction of sp³-hybridized carbons (Fsp3) is 0.125. The summed E-state index contributed by atoms with van der Waals surface area (Å²) < 4.78 is 27.0. The molecule has 3 N–H and O–H groups in total. The molecule has 0 fully saturated rings. The number of carboxylic acids is 2. The molecule has 9 heteroatoms. The Kier molecular flexibility index (Phi) is 5.78. The first-order chi connectivity index (χ1) is 11.7. The zero-order chi connectivity index (χ0) is 18.6. The van der Waals surface area contributed by atoms with Crippen molar-refractivity contribution < 1.29 is 28.2 Å². The van der Waals surface area contributed by atoms with E-state index >= 15 is 0 Å². The third-order valence-corrected chi connectivity index (χ3v) is 5.30. The number of halogens is 1. The summed E-state index contributed by atoms with van der Waals surface area (Å²) in [7, 11) is -4.34. The minimum atomic E-state index is -4.34. The molecule has 0 saturated heterocycles. The van der Waals surface area contributed by atoms with Crippen LogP contribution in [-0.4, -0.2) is 36.6 Å². The monoisotopic (exact) mass is 383 g/mol. The average Bonchev–Trinajstić information content (AvgIpc) is 2.55. The van der Waals surface area contributed by atoms with Crippen molar-refractivity contribution in [2.24, 2.45) is 0 Å². The Balaban J connectivity index is 2.33. The third-order valence-electron chi connectivity index (χ3n) is 3.35. The fourth-order valence-corrected chi connectivity index (χ4v) is 3.84. The topological polar surface area (TPSA) is 121 Å². The van der Waals surface area contributed by atoms with E-state index in [0.717, 1.165) is 18.2 Å². The van der Waals surface area contributed by atoms with Crippen molar-refractivity contribution in [3.8, 4) is 0 Å². The minimum Gasteiger partial charge on any atom is -0.480 e. The highest BCUT2D eigenvalue weighted by Gasteiger charge is 2.28. The van der Waals surface area contributed by atoms with Crippen LogP contribution >= 0.6 is 11.6 Å². The van der Waals surface area contributed by atoms with E-state index in [1.54, 1.807) is 30.3 Å². The molecule has 2 rings (SSSR count). The van der Waals surface area contributed by atoms with E-state index in [-0.39, 0.29) is 17.0 Å². The quantitative estimate of drug-likeness (QED) is 0.672. The number of carboxylic acid groups (broad SMARTS) is 2. The molecule has 0 saturated carbocycles. The van der Waals surface area contributed by atoms with E-state index in [4.69, 9.17) is 16.7 Å². The lowest BCUT2D eigenvalue weighted by Crippen LogP contribution is -2.42. The molecule has 0 aliphatic heterocycles. The molecule has 0 bridgehead atoms. The summed E-state index contributed by atoms with van der Waals surface area (Å²) in [5.74, 6) is -2.69. The molecule has 0 radical (unpaired) electrons. The third kappa shape index (κ3) is 4.79. The lowest BCUT2D eigenvalue weighted by atomic mass is 10.1. The van der Waals surface area contributed by atoms with Crippen molar-refractivity contribution in [3.05, 3.63) is 64.7 Å². The first kappa shape index (κ1) is 18.9. The Bertz CT molecular complexity index is 898. The van der Waals surface area contributed by atoms with Gasteiger partial charge in [-0.25, -0.2) is 13.2 Å². The maximum absolute atomic E-state index is 12.5. The molecule has 7 nitrogen and oxygen atoms in total. The predicted molar refractivity (Wildman–Crippen MR) is 90.3 cm³/mol. The molecule has 1 atom stereocenters. The second-order valence-electron chi connectivity index (χ2n) is 5.15. The molecule has 2 aromatic rings. The van der Waals surface area contributed by atoms with Gasteiger partial charge in [-0.15, -0.1) is 0 Å². The zero-order valence-electron chi connectivity index (χ0n) is 12.7. The normalized spacial score (nSPS) is 12.5. The van der Waals surface area contributed by atoms with E-state index < -0.39 is 32.9 Å². The van der Waals surface area contributed by atoms with Crippen LogP contribution in [0.25, 0.3) is 0 Å². The summed E-state index contributed by atoms with van der Waals surface area (Å²) >= 11 is 5.85. The summed E-state index contributed by atoms with van der Waals surface area (Å²) in [6, 6.07) is 10.2. The van der Waals surface area contributed by atoms with Crippen LogP contribution in [0.1, 0.15) is 15.9 Å². The standard InChI is InChI=1S/C16H14ClNO6S/c17-12-7-6-11(15(19)20)9-14(12)25(23,24)18-13(16(21)22)8-10-4-2-1-3-5-10/h1-7,9,13,18H,8H2,(H,19,20)(H,21,22)/t13-/m0/s1. The highest BCUT2D eigenvalue weighted by Crippen LogP contribution is 2.23. The summed E-state index contributed by atoms with van der Waals surface area (Å²) in [6.07, 6.45) is -0.0777. The number of hydrogen-bond donors (Lipinski definition) is 3. The Hall–Kier alpha value is -2.42. The summed E-state index contributed by atoms with van der Waals surface area (Å²) in [5.41, 5.74) is 0.350. The molecule has 0 heterocycles. The molecule has 132 valence electrons.